The van der Waals surface area contributed by atoms with Gasteiger partial charge in [0, 0.05) is 11.1 Å². The molecular formula is C25H25Cl2N3O. The highest BCUT2D eigenvalue weighted by Gasteiger charge is 2.73. The Balaban J connectivity index is 1.69. The van der Waals surface area contributed by atoms with Gasteiger partial charge in [0.05, 0.1) is 37.9 Å². The summed E-state index contributed by atoms with van der Waals surface area (Å²) in [5, 5.41) is 4.09. The molecule has 1 heterocycles. The van der Waals surface area contributed by atoms with E-state index in [1.807, 2.05) is 18.2 Å². The van der Waals surface area contributed by atoms with Crippen molar-refractivity contribution in [3.8, 4) is 0 Å². The van der Waals surface area contributed by atoms with E-state index in [4.69, 9.17) is 33.2 Å². The molecule has 1 aromatic heterocycles. The Morgan fingerprint density at radius 2 is 1.52 bits per heavy atom. The van der Waals surface area contributed by atoms with Crippen molar-refractivity contribution in [3.05, 3.63) is 62.9 Å². The number of carbonyl (C=O) groups excluding carboxylic acids is 1. The minimum absolute atomic E-state index is 0.0167. The van der Waals surface area contributed by atoms with Crippen LogP contribution in [0.2, 0.25) is 10.0 Å². The Kier molecular flexibility index (Phi) is 4.30. The second-order valence-electron chi connectivity index (χ2n) is 9.79. The van der Waals surface area contributed by atoms with Crippen molar-refractivity contribution in [2.45, 2.75) is 58.3 Å². The number of aryl methyl sites for hydroxylation is 2. The summed E-state index contributed by atoms with van der Waals surface area (Å²) >= 11 is 12.5. The van der Waals surface area contributed by atoms with Crippen LogP contribution in [0.4, 0.5) is 5.69 Å². The van der Waals surface area contributed by atoms with Crippen molar-refractivity contribution >= 4 is 45.8 Å². The Morgan fingerprint density at radius 3 is 2.13 bits per heavy atom. The van der Waals surface area contributed by atoms with Crippen molar-refractivity contribution < 1.29 is 4.79 Å². The number of carbonyl (C=O) groups is 1. The standard InChI is InChI=1S/C25H25Cl2N3O/c1-13-6-7-15(10-14(13)2)28-22(31)25-9-8-24(5,23(25,3)4)20-21(25)30-19-12-17(27)16(26)11-18(19)29-20/h6-7,10-12H,8-9H2,1-5H3,(H,28,31). The molecule has 2 atom stereocenters. The largest absolute Gasteiger partial charge is 0.325 e. The van der Waals surface area contributed by atoms with Gasteiger partial charge in [-0.15, -0.1) is 0 Å². The van der Waals surface area contributed by atoms with Crippen LogP contribution in [0.1, 0.15) is 56.1 Å². The number of fused-ring (bicyclic) bond motifs is 6. The third-order valence-corrected chi connectivity index (χ3v) is 8.95. The lowest BCUT2D eigenvalue weighted by Gasteiger charge is -2.39. The van der Waals surface area contributed by atoms with E-state index in [1.165, 1.54) is 5.56 Å². The molecule has 3 aromatic rings. The molecule has 31 heavy (non-hydrogen) atoms. The van der Waals surface area contributed by atoms with E-state index in [1.54, 1.807) is 12.1 Å². The highest BCUT2D eigenvalue weighted by molar-refractivity contribution is 6.42. The van der Waals surface area contributed by atoms with Gasteiger partial charge >= 0.3 is 0 Å². The maximum Gasteiger partial charge on any atom is 0.237 e. The third kappa shape index (κ3) is 2.52. The monoisotopic (exact) mass is 453 g/mol. The fourth-order valence-electron chi connectivity index (χ4n) is 5.66. The molecule has 1 fully saturated rings. The molecule has 2 unspecified atom stereocenters. The van der Waals surface area contributed by atoms with Crippen LogP contribution in [0.15, 0.2) is 30.3 Å². The predicted molar refractivity (Wildman–Crippen MR) is 126 cm³/mol. The molecule has 1 saturated carbocycles. The second-order valence-corrected chi connectivity index (χ2v) is 10.6. The molecule has 6 heteroatoms. The van der Waals surface area contributed by atoms with Crippen LogP contribution in [0.25, 0.3) is 11.0 Å². The van der Waals surface area contributed by atoms with Crippen LogP contribution in [-0.2, 0) is 15.6 Å². The molecule has 2 bridgehead atoms. The summed E-state index contributed by atoms with van der Waals surface area (Å²) in [6.45, 7) is 10.7. The Bertz CT molecular complexity index is 1290. The molecule has 0 saturated heterocycles. The molecule has 5 rings (SSSR count). The fourth-order valence-corrected chi connectivity index (χ4v) is 5.97. The Hall–Kier alpha value is -2.17. The molecule has 0 aliphatic heterocycles. The summed E-state index contributed by atoms with van der Waals surface area (Å²) < 4.78 is 0. The maximum absolute atomic E-state index is 13.9. The molecule has 1 amide bonds. The summed E-state index contributed by atoms with van der Waals surface area (Å²) in [6.07, 6.45) is 1.62. The van der Waals surface area contributed by atoms with Gasteiger partial charge in [-0.1, -0.05) is 50.0 Å². The average molecular weight is 454 g/mol. The van der Waals surface area contributed by atoms with Crippen molar-refractivity contribution in [1.82, 2.24) is 9.97 Å². The lowest BCUT2D eigenvalue weighted by molar-refractivity contribution is -0.125. The van der Waals surface area contributed by atoms with E-state index in [2.05, 4.69) is 39.9 Å². The normalized spacial score (nSPS) is 25.6. The minimum Gasteiger partial charge on any atom is -0.325 e. The molecule has 0 radical (unpaired) electrons. The highest BCUT2D eigenvalue weighted by atomic mass is 35.5. The van der Waals surface area contributed by atoms with Gasteiger partial charge in [-0.2, -0.15) is 0 Å². The molecule has 2 aliphatic carbocycles. The van der Waals surface area contributed by atoms with E-state index in [0.717, 1.165) is 35.5 Å². The molecular weight excluding hydrogens is 429 g/mol. The molecule has 160 valence electrons. The van der Waals surface area contributed by atoms with Gasteiger partial charge in [-0.25, -0.2) is 9.97 Å². The first-order chi connectivity index (χ1) is 14.5. The first-order valence-corrected chi connectivity index (χ1v) is 11.3. The molecule has 4 nitrogen and oxygen atoms in total. The van der Waals surface area contributed by atoms with Crippen molar-refractivity contribution in [1.29, 1.82) is 0 Å². The summed E-state index contributed by atoms with van der Waals surface area (Å²) in [5.74, 6) is -0.0167. The Labute approximate surface area is 192 Å². The van der Waals surface area contributed by atoms with Crippen LogP contribution in [0.5, 0.6) is 0 Å². The minimum atomic E-state index is -0.761. The predicted octanol–water partition coefficient (Wildman–Crippen LogP) is 6.52. The number of hydrogen-bond donors (Lipinski definition) is 1. The summed E-state index contributed by atoms with van der Waals surface area (Å²) in [5.41, 5.74) is 4.85. The number of amides is 1. The van der Waals surface area contributed by atoms with E-state index < -0.39 is 5.41 Å². The zero-order valence-corrected chi connectivity index (χ0v) is 19.9. The number of benzene rings is 2. The molecule has 0 spiro atoms. The van der Waals surface area contributed by atoms with E-state index in [9.17, 15) is 4.79 Å². The SMILES string of the molecule is Cc1ccc(NC(=O)C23CCC(C)(c4nc5cc(Cl)c(Cl)cc5nc42)C3(C)C)cc1C. The number of aromatic nitrogens is 2. The van der Waals surface area contributed by atoms with Gasteiger partial charge in [0.2, 0.25) is 5.91 Å². The average Bonchev–Trinajstić information content (AvgIpc) is 3.00. The first kappa shape index (κ1) is 20.7. The second kappa shape index (κ2) is 6.43. The van der Waals surface area contributed by atoms with Crippen LogP contribution >= 0.6 is 23.2 Å². The number of hydrogen-bond acceptors (Lipinski definition) is 3. The van der Waals surface area contributed by atoms with Crippen LogP contribution in [0, 0.1) is 19.3 Å². The molecule has 2 aromatic carbocycles. The van der Waals surface area contributed by atoms with Gasteiger partial charge in [0.1, 0.15) is 0 Å². The zero-order valence-electron chi connectivity index (χ0n) is 18.4. The van der Waals surface area contributed by atoms with Crippen LogP contribution in [-0.4, -0.2) is 15.9 Å². The van der Waals surface area contributed by atoms with Crippen molar-refractivity contribution in [3.63, 3.8) is 0 Å². The van der Waals surface area contributed by atoms with Gasteiger partial charge in [0.25, 0.3) is 0 Å². The van der Waals surface area contributed by atoms with Gasteiger partial charge in [-0.3, -0.25) is 4.79 Å². The van der Waals surface area contributed by atoms with Crippen molar-refractivity contribution in [2.75, 3.05) is 5.32 Å². The first-order valence-electron chi connectivity index (χ1n) is 10.6. The van der Waals surface area contributed by atoms with Crippen molar-refractivity contribution in [2.24, 2.45) is 5.41 Å². The summed E-state index contributed by atoms with van der Waals surface area (Å²) in [7, 11) is 0. The van der Waals surface area contributed by atoms with Crippen LogP contribution < -0.4 is 5.32 Å². The highest BCUT2D eigenvalue weighted by Crippen LogP contribution is 2.70. The molecule has 2 aliphatic rings. The van der Waals surface area contributed by atoms with Crippen LogP contribution in [0.3, 0.4) is 0 Å². The van der Waals surface area contributed by atoms with E-state index in [0.29, 0.717) is 21.1 Å². The number of nitrogens with zero attached hydrogens (tertiary/aromatic N) is 2. The van der Waals surface area contributed by atoms with Gasteiger partial charge < -0.3 is 5.32 Å². The number of rotatable bonds is 2. The lowest BCUT2D eigenvalue weighted by Crippen LogP contribution is -2.48. The summed E-state index contributed by atoms with van der Waals surface area (Å²) in [6, 6.07) is 9.52. The fraction of sp³-hybridized carbons (Fsp3) is 0.400. The molecule has 1 N–H and O–H groups in total. The number of anilines is 1. The quantitative estimate of drug-likeness (QED) is 0.480. The maximum atomic E-state index is 13.9. The van der Waals surface area contributed by atoms with E-state index >= 15 is 0 Å². The lowest BCUT2D eigenvalue weighted by atomic mass is 9.63. The summed E-state index contributed by atoms with van der Waals surface area (Å²) in [4.78, 5) is 23.9. The van der Waals surface area contributed by atoms with Gasteiger partial charge in [-0.05, 0) is 67.5 Å². The number of nitrogens with one attached hydrogen (secondary N) is 1. The smallest absolute Gasteiger partial charge is 0.237 e. The zero-order chi connectivity index (χ0) is 22.3. The van der Waals surface area contributed by atoms with Gasteiger partial charge in [0.15, 0.2) is 0 Å². The Morgan fingerprint density at radius 1 is 0.903 bits per heavy atom. The van der Waals surface area contributed by atoms with E-state index in [-0.39, 0.29) is 16.7 Å². The topological polar surface area (TPSA) is 54.9 Å². The number of halogens is 2. The third-order valence-electron chi connectivity index (χ3n) is 8.23.